The Hall–Kier alpha value is -4.26. The molecule has 186 valence electrons. The standard InChI is InChI=1S/C29H30N2O5/c1-18-10-11-19(2)27-25(18)14-22(28(32)30-27)17-31(16-20-8-6-7-9-26(20)36-5)29(33)21-12-23(34-3)15-24(13-21)35-4/h6-15H,16-17H2,1-5H3,(H,30,32). The Morgan fingerprint density at radius 1 is 0.806 bits per heavy atom. The van der Waals surface area contributed by atoms with Crippen LogP contribution in [-0.2, 0) is 13.1 Å². The van der Waals surface area contributed by atoms with E-state index in [9.17, 15) is 9.59 Å². The monoisotopic (exact) mass is 486 g/mol. The molecule has 0 aliphatic heterocycles. The van der Waals surface area contributed by atoms with Crippen molar-refractivity contribution in [1.29, 1.82) is 0 Å². The zero-order valence-electron chi connectivity index (χ0n) is 21.2. The number of carbonyl (C=O) groups is 1. The van der Waals surface area contributed by atoms with Crippen LogP contribution in [0.1, 0.15) is 32.6 Å². The highest BCUT2D eigenvalue weighted by Crippen LogP contribution is 2.27. The molecule has 3 aromatic carbocycles. The summed E-state index contributed by atoms with van der Waals surface area (Å²) in [6, 6.07) is 18.5. The molecule has 0 saturated heterocycles. The highest BCUT2D eigenvalue weighted by atomic mass is 16.5. The number of pyridine rings is 1. The molecule has 4 aromatic rings. The maximum atomic E-state index is 13.8. The van der Waals surface area contributed by atoms with Gasteiger partial charge in [-0.1, -0.05) is 30.3 Å². The minimum atomic E-state index is -0.265. The largest absolute Gasteiger partial charge is 0.497 e. The van der Waals surface area contributed by atoms with Gasteiger partial charge in [-0.3, -0.25) is 9.59 Å². The maximum absolute atomic E-state index is 13.8. The van der Waals surface area contributed by atoms with E-state index in [0.717, 1.165) is 27.6 Å². The molecule has 0 saturated carbocycles. The Labute approximate surface area is 210 Å². The quantitative estimate of drug-likeness (QED) is 0.379. The van der Waals surface area contributed by atoms with Crippen LogP contribution in [0.4, 0.5) is 0 Å². The van der Waals surface area contributed by atoms with Gasteiger partial charge < -0.3 is 24.1 Å². The number of methoxy groups -OCH3 is 3. The molecule has 1 amide bonds. The third kappa shape index (κ3) is 5.05. The lowest BCUT2D eigenvalue weighted by Crippen LogP contribution is -2.32. The van der Waals surface area contributed by atoms with Crippen molar-refractivity contribution in [2.24, 2.45) is 0 Å². The Kier molecular flexibility index (Phi) is 7.29. The van der Waals surface area contributed by atoms with Crippen LogP contribution in [0.25, 0.3) is 10.9 Å². The number of para-hydroxylation sites is 1. The summed E-state index contributed by atoms with van der Waals surface area (Å²) in [5, 5.41) is 0.956. The Bertz CT molecular complexity index is 1450. The van der Waals surface area contributed by atoms with E-state index in [0.29, 0.717) is 28.4 Å². The molecule has 1 heterocycles. The van der Waals surface area contributed by atoms with E-state index in [2.05, 4.69) is 4.98 Å². The number of ether oxygens (including phenoxy) is 3. The molecule has 7 heteroatoms. The number of nitrogens with zero attached hydrogens (tertiary/aromatic N) is 1. The van der Waals surface area contributed by atoms with E-state index < -0.39 is 0 Å². The highest BCUT2D eigenvalue weighted by Gasteiger charge is 2.22. The van der Waals surface area contributed by atoms with Gasteiger partial charge in [0, 0.05) is 34.7 Å². The fourth-order valence-corrected chi connectivity index (χ4v) is 4.29. The average Bonchev–Trinajstić information content (AvgIpc) is 2.90. The van der Waals surface area contributed by atoms with Crippen molar-refractivity contribution in [1.82, 2.24) is 9.88 Å². The van der Waals surface area contributed by atoms with Crippen LogP contribution in [0.2, 0.25) is 0 Å². The normalized spacial score (nSPS) is 10.8. The minimum Gasteiger partial charge on any atom is -0.497 e. The van der Waals surface area contributed by atoms with Crippen molar-refractivity contribution >= 4 is 16.8 Å². The highest BCUT2D eigenvalue weighted by molar-refractivity contribution is 5.95. The molecular formula is C29H30N2O5. The van der Waals surface area contributed by atoms with Gasteiger partial charge >= 0.3 is 0 Å². The van der Waals surface area contributed by atoms with E-state index in [1.165, 1.54) is 14.2 Å². The third-order valence-electron chi connectivity index (χ3n) is 6.32. The molecule has 0 aliphatic rings. The van der Waals surface area contributed by atoms with E-state index in [1.54, 1.807) is 30.2 Å². The summed E-state index contributed by atoms with van der Waals surface area (Å²) >= 11 is 0. The van der Waals surface area contributed by atoms with Crippen molar-refractivity contribution < 1.29 is 19.0 Å². The number of aryl methyl sites for hydroxylation is 2. The van der Waals surface area contributed by atoms with E-state index >= 15 is 0 Å². The van der Waals surface area contributed by atoms with Crippen molar-refractivity contribution in [3.8, 4) is 17.2 Å². The second-order valence-corrected chi connectivity index (χ2v) is 8.69. The number of carbonyl (C=O) groups excluding carboxylic acids is 1. The fraction of sp³-hybridized carbons (Fsp3) is 0.241. The number of amides is 1. The minimum absolute atomic E-state index is 0.106. The summed E-state index contributed by atoms with van der Waals surface area (Å²) < 4.78 is 16.3. The van der Waals surface area contributed by atoms with Crippen LogP contribution in [0, 0.1) is 13.8 Å². The van der Waals surface area contributed by atoms with Crippen molar-refractivity contribution in [2.75, 3.05) is 21.3 Å². The van der Waals surface area contributed by atoms with E-state index in [1.807, 2.05) is 56.3 Å². The number of rotatable bonds is 8. The van der Waals surface area contributed by atoms with Gasteiger partial charge in [-0.2, -0.15) is 0 Å². The summed E-state index contributed by atoms with van der Waals surface area (Å²) in [5.74, 6) is 1.41. The summed E-state index contributed by atoms with van der Waals surface area (Å²) in [4.78, 5) is 31.6. The molecule has 7 nitrogen and oxygen atoms in total. The maximum Gasteiger partial charge on any atom is 0.254 e. The zero-order valence-corrected chi connectivity index (χ0v) is 21.2. The van der Waals surface area contributed by atoms with Crippen molar-refractivity contribution in [3.63, 3.8) is 0 Å². The second-order valence-electron chi connectivity index (χ2n) is 8.69. The van der Waals surface area contributed by atoms with Crippen LogP contribution in [0.3, 0.4) is 0 Å². The molecule has 1 N–H and O–H groups in total. The first-order valence-electron chi connectivity index (χ1n) is 11.6. The number of hydrogen-bond acceptors (Lipinski definition) is 5. The first-order valence-corrected chi connectivity index (χ1v) is 11.6. The number of H-pyrrole nitrogens is 1. The number of aromatic nitrogens is 1. The lowest BCUT2D eigenvalue weighted by atomic mass is 10.0. The van der Waals surface area contributed by atoms with Gasteiger partial charge in [-0.05, 0) is 49.2 Å². The van der Waals surface area contributed by atoms with Crippen molar-refractivity contribution in [2.45, 2.75) is 26.9 Å². The molecule has 0 atom stereocenters. The van der Waals surface area contributed by atoms with E-state index in [-0.39, 0.29) is 24.6 Å². The summed E-state index contributed by atoms with van der Waals surface area (Å²) in [5.41, 5.74) is 4.34. The first-order chi connectivity index (χ1) is 17.3. The number of fused-ring (bicyclic) bond motifs is 1. The first kappa shape index (κ1) is 24.9. The van der Waals surface area contributed by atoms with Gasteiger partial charge in [0.15, 0.2) is 0 Å². The van der Waals surface area contributed by atoms with Gasteiger partial charge in [0.2, 0.25) is 0 Å². The van der Waals surface area contributed by atoms with Crippen LogP contribution in [0.15, 0.2) is 65.5 Å². The zero-order chi connectivity index (χ0) is 25.8. The van der Waals surface area contributed by atoms with Gasteiger partial charge in [0.1, 0.15) is 17.2 Å². The lowest BCUT2D eigenvalue weighted by Gasteiger charge is -2.24. The fourth-order valence-electron chi connectivity index (χ4n) is 4.29. The lowest BCUT2D eigenvalue weighted by molar-refractivity contribution is 0.0727. The predicted octanol–water partition coefficient (Wildman–Crippen LogP) is 5.01. The molecular weight excluding hydrogens is 456 g/mol. The Balaban J connectivity index is 1.80. The second kappa shape index (κ2) is 10.6. The van der Waals surface area contributed by atoms with Gasteiger partial charge in [0.05, 0.1) is 33.4 Å². The molecule has 0 aliphatic carbocycles. The molecule has 0 bridgehead atoms. The molecule has 4 rings (SSSR count). The SMILES string of the molecule is COc1cc(OC)cc(C(=O)N(Cc2ccccc2OC)Cc2cc3c(C)ccc(C)c3[nH]c2=O)c1. The van der Waals surface area contributed by atoms with Gasteiger partial charge in [-0.25, -0.2) is 0 Å². The molecule has 0 fully saturated rings. The summed E-state index contributed by atoms with van der Waals surface area (Å²) in [6.45, 7) is 4.32. The topological polar surface area (TPSA) is 80.9 Å². The molecule has 0 unspecified atom stereocenters. The van der Waals surface area contributed by atoms with Crippen LogP contribution in [-0.4, -0.2) is 37.1 Å². The Morgan fingerprint density at radius 3 is 2.11 bits per heavy atom. The smallest absolute Gasteiger partial charge is 0.254 e. The summed E-state index contributed by atoms with van der Waals surface area (Å²) in [6.07, 6.45) is 0. The van der Waals surface area contributed by atoms with Gasteiger partial charge in [-0.15, -0.1) is 0 Å². The van der Waals surface area contributed by atoms with Crippen LogP contribution >= 0.6 is 0 Å². The number of benzene rings is 3. The summed E-state index contributed by atoms with van der Waals surface area (Å²) in [7, 11) is 4.67. The molecule has 1 aromatic heterocycles. The van der Waals surface area contributed by atoms with E-state index in [4.69, 9.17) is 14.2 Å². The number of hydrogen-bond donors (Lipinski definition) is 1. The number of aromatic amines is 1. The van der Waals surface area contributed by atoms with Crippen LogP contribution < -0.4 is 19.8 Å². The average molecular weight is 487 g/mol. The molecule has 0 spiro atoms. The number of nitrogens with one attached hydrogen (secondary N) is 1. The van der Waals surface area contributed by atoms with Gasteiger partial charge in [0.25, 0.3) is 11.5 Å². The van der Waals surface area contributed by atoms with Crippen molar-refractivity contribution in [3.05, 3.63) is 98.8 Å². The predicted molar refractivity (Wildman–Crippen MR) is 140 cm³/mol. The third-order valence-corrected chi connectivity index (χ3v) is 6.32. The Morgan fingerprint density at radius 2 is 1.44 bits per heavy atom. The van der Waals surface area contributed by atoms with Crippen LogP contribution in [0.5, 0.6) is 17.2 Å². The molecule has 0 radical (unpaired) electrons. The molecule has 36 heavy (non-hydrogen) atoms.